The number of hydrogen-bond acceptors (Lipinski definition) is 3. The first kappa shape index (κ1) is 26.6. The Morgan fingerprint density at radius 2 is 1.34 bits per heavy atom. The molecule has 5 aromatic rings. The third-order valence-corrected chi connectivity index (χ3v) is 8.20. The molecule has 0 atom stereocenters. The fourth-order valence-electron chi connectivity index (χ4n) is 6.14. The number of ketones is 1. The number of hydrogen-bond donors (Lipinski definition) is 1. The zero-order valence-corrected chi connectivity index (χ0v) is 22.8. The lowest BCUT2D eigenvalue weighted by atomic mass is 9.69. The average Bonchev–Trinajstić information content (AvgIpc) is 3.53. The molecule has 2 aromatic heterocycles. The summed E-state index contributed by atoms with van der Waals surface area (Å²) in [4.78, 5) is 25.5. The Morgan fingerprint density at radius 1 is 0.780 bits per heavy atom. The van der Waals surface area contributed by atoms with Crippen molar-refractivity contribution >= 4 is 11.9 Å². The SMILES string of the molecule is O=C(C=Cc1c(F)cncc1-c1cnc(C(c2ccccc2)(c2ccccc2)c2ccccc2)[nH]1)C1CCCCC1. The number of aromatic nitrogens is 3. The van der Waals surface area contributed by atoms with E-state index in [2.05, 4.69) is 46.4 Å². The molecular weight excluding hydrogens is 509 g/mol. The van der Waals surface area contributed by atoms with Crippen molar-refractivity contribution in [1.29, 1.82) is 0 Å². The van der Waals surface area contributed by atoms with Crippen LogP contribution in [0.25, 0.3) is 17.3 Å². The van der Waals surface area contributed by atoms with Gasteiger partial charge in [-0.1, -0.05) is 110 Å². The van der Waals surface area contributed by atoms with Gasteiger partial charge in [-0.05, 0) is 41.7 Å². The Hall–Kier alpha value is -4.64. The van der Waals surface area contributed by atoms with Gasteiger partial charge < -0.3 is 4.98 Å². The number of carbonyl (C=O) groups is 1. The van der Waals surface area contributed by atoms with Crippen LogP contribution in [0.3, 0.4) is 0 Å². The third kappa shape index (κ3) is 5.16. The van der Waals surface area contributed by atoms with Gasteiger partial charge in [0.25, 0.3) is 0 Å². The predicted molar refractivity (Wildman–Crippen MR) is 161 cm³/mol. The van der Waals surface area contributed by atoms with Crippen LogP contribution in [-0.2, 0) is 10.2 Å². The van der Waals surface area contributed by atoms with E-state index in [0.29, 0.717) is 22.6 Å². The van der Waals surface area contributed by atoms with Crippen LogP contribution in [0.4, 0.5) is 4.39 Å². The number of nitrogens with one attached hydrogen (secondary N) is 1. The van der Waals surface area contributed by atoms with Gasteiger partial charge in [-0.25, -0.2) is 9.37 Å². The van der Waals surface area contributed by atoms with Crippen molar-refractivity contribution in [3.63, 3.8) is 0 Å². The maximum absolute atomic E-state index is 15.2. The molecule has 1 aliphatic rings. The second kappa shape index (κ2) is 11.8. The fraction of sp³-hybridized carbons (Fsp3) is 0.194. The number of allylic oxidation sites excluding steroid dienone is 1. The standard InChI is InChI=1S/C36H32FN3O/c37-32-24-38-23-31(30(32)21-22-34(41)26-13-5-1-6-14-26)33-25-39-35(40-33)36(27-15-7-2-8-16-27,28-17-9-3-10-18-28)29-19-11-4-12-20-29/h2-4,7-12,15-26H,1,5-6,13-14H2,(H,39,40). The second-order valence-electron chi connectivity index (χ2n) is 10.6. The maximum atomic E-state index is 15.2. The van der Waals surface area contributed by atoms with E-state index in [1.807, 2.05) is 54.6 Å². The minimum absolute atomic E-state index is 0.0235. The fourth-order valence-corrected chi connectivity index (χ4v) is 6.14. The molecule has 3 aromatic carbocycles. The summed E-state index contributed by atoms with van der Waals surface area (Å²) >= 11 is 0. The van der Waals surface area contributed by atoms with Gasteiger partial charge in [0.15, 0.2) is 5.78 Å². The molecule has 0 amide bonds. The summed E-state index contributed by atoms with van der Waals surface area (Å²) in [6.07, 6.45) is 12.8. The summed E-state index contributed by atoms with van der Waals surface area (Å²) in [5.74, 6) is 0.309. The highest BCUT2D eigenvalue weighted by Crippen LogP contribution is 2.44. The lowest BCUT2D eigenvalue weighted by Gasteiger charge is -2.34. The highest BCUT2D eigenvalue weighted by Gasteiger charge is 2.41. The summed E-state index contributed by atoms with van der Waals surface area (Å²) in [6, 6.07) is 30.8. The number of imidazole rings is 1. The number of aromatic amines is 1. The number of benzene rings is 3. The summed E-state index contributed by atoms with van der Waals surface area (Å²) in [6.45, 7) is 0. The molecule has 0 bridgehead atoms. The van der Waals surface area contributed by atoms with Crippen LogP contribution in [0, 0.1) is 11.7 Å². The van der Waals surface area contributed by atoms with Gasteiger partial charge in [0, 0.05) is 23.2 Å². The molecule has 2 heterocycles. The van der Waals surface area contributed by atoms with E-state index in [9.17, 15) is 4.79 Å². The Bertz CT molecular complexity index is 1540. The van der Waals surface area contributed by atoms with Crippen molar-refractivity contribution in [2.45, 2.75) is 37.5 Å². The van der Waals surface area contributed by atoms with Gasteiger partial charge in [-0.3, -0.25) is 9.78 Å². The van der Waals surface area contributed by atoms with E-state index < -0.39 is 11.2 Å². The zero-order valence-electron chi connectivity index (χ0n) is 22.8. The number of H-pyrrole nitrogens is 1. The smallest absolute Gasteiger partial charge is 0.158 e. The molecule has 1 fully saturated rings. The topological polar surface area (TPSA) is 58.6 Å². The number of nitrogens with zero attached hydrogens (tertiary/aromatic N) is 2. The van der Waals surface area contributed by atoms with Gasteiger partial charge >= 0.3 is 0 Å². The monoisotopic (exact) mass is 541 g/mol. The molecule has 41 heavy (non-hydrogen) atoms. The molecule has 1 aliphatic carbocycles. The first-order valence-corrected chi connectivity index (χ1v) is 14.3. The van der Waals surface area contributed by atoms with Gasteiger partial charge in [-0.15, -0.1) is 0 Å². The molecule has 4 nitrogen and oxygen atoms in total. The second-order valence-corrected chi connectivity index (χ2v) is 10.6. The van der Waals surface area contributed by atoms with Crippen LogP contribution in [0.15, 0.2) is 116 Å². The number of carbonyl (C=O) groups excluding carboxylic acids is 1. The predicted octanol–water partition coefficient (Wildman–Crippen LogP) is 8.16. The van der Waals surface area contributed by atoms with Crippen molar-refractivity contribution in [2.24, 2.45) is 5.92 Å². The zero-order chi connectivity index (χ0) is 28.1. The number of halogens is 1. The van der Waals surface area contributed by atoms with Crippen molar-refractivity contribution in [3.8, 4) is 11.3 Å². The van der Waals surface area contributed by atoms with Crippen molar-refractivity contribution in [3.05, 3.63) is 150 Å². The Morgan fingerprint density at radius 3 is 1.90 bits per heavy atom. The van der Waals surface area contributed by atoms with Crippen molar-refractivity contribution in [2.75, 3.05) is 0 Å². The summed E-state index contributed by atoms with van der Waals surface area (Å²) in [5, 5.41) is 0. The van der Waals surface area contributed by atoms with E-state index in [1.165, 1.54) is 18.7 Å². The maximum Gasteiger partial charge on any atom is 0.158 e. The van der Waals surface area contributed by atoms with E-state index >= 15 is 4.39 Å². The molecule has 0 spiro atoms. The minimum atomic E-state index is -0.754. The first-order valence-electron chi connectivity index (χ1n) is 14.3. The van der Waals surface area contributed by atoms with Crippen LogP contribution in [0.1, 0.15) is 60.2 Å². The lowest BCUT2D eigenvalue weighted by molar-refractivity contribution is -0.119. The van der Waals surface area contributed by atoms with Gasteiger partial charge in [0.2, 0.25) is 0 Å². The normalized spacial score (nSPS) is 14.4. The van der Waals surface area contributed by atoms with E-state index in [1.54, 1.807) is 18.5 Å². The molecule has 1 N–H and O–H groups in total. The van der Waals surface area contributed by atoms with Crippen LogP contribution in [-0.4, -0.2) is 20.7 Å². The molecule has 0 saturated heterocycles. The molecule has 0 radical (unpaired) electrons. The molecule has 204 valence electrons. The summed E-state index contributed by atoms with van der Waals surface area (Å²) in [5.41, 5.74) is 3.90. The van der Waals surface area contributed by atoms with E-state index in [-0.39, 0.29) is 11.7 Å². The van der Waals surface area contributed by atoms with E-state index in [4.69, 9.17) is 4.98 Å². The summed E-state index contributed by atoms with van der Waals surface area (Å²) < 4.78 is 15.2. The van der Waals surface area contributed by atoms with Crippen LogP contribution in [0.5, 0.6) is 0 Å². The van der Waals surface area contributed by atoms with Crippen molar-refractivity contribution < 1.29 is 9.18 Å². The molecule has 0 unspecified atom stereocenters. The van der Waals surface area contributed by atoms with Crippen molar-refractivity contribution in [1.82, 2.24) is 15.0 Å². The molecular formula is C36H32FN3O. The van der Waals surface area contributed by atoms with Gasteiger partial charge in [-0.2, -0.15) is 0 Å². The Kier molecular flexibility index (Phi) is 7.68. The number of pyridine rings is 1. The van der Waals surface area contributed by atoms with Gasteiger partial charge in [0.05, 0.1) is 18.1 Å². The molecule has 0 aliphatic heterocycles. The van der Waals surface area contributed by atoms with E-state index in [0.717, 1.165) is 42.4 Å². The highest BCUT2D eigenvalue weighted by molar-refractivity contribution is 5.96. The third-order valence-electron chi connectivity index (χ3n) is 8.20. The minimum Gasteiger partial charge on any atom is -0.341 e. The quantitative estimate of drug-likeness (QED) is 0.159. The largest absolute Gasteiger partial charge is 0.341 e. The molecule has 5 heteroatoms. The highest BCUT2D eigenvalue weighted by atomic mass is 19.1. The Balaban J connectivity index is 1.48. The Labute approximate surface area is 240 Å². The van der Waals surface area contributed by atoms with Gasteiger partial charge in [0.1, 0.15) is 17.1 Å². The lowest BCUT2D eigenvalue weighted by Crippen LogP contribution is -2.32. The molecule has 1 saturated carbocycles. The average molecular weight is 542 g/mol. The van der Waals surface area contributed by atoms with Crippen LogP contribution < -0.4 is 0 Å². The molecule has 6 rings (SSSR count). The number of rotatable bonds is 8. The van der Waals surface area contributed by atoms with Crippen LogP contribution in [0.2, 0.25) is 0 Å². The van der Waals surface area contributed by atoms with Crippen LogP contribution >= 0.6 is 0 Å². The summed E-state index contributed by atoms with van der Waals surface area (Å²) in [7, 11) is 0. The first-order chi connectivity index (χ1) is 20.2.